The van der Waals surface area contributed by atoms with Gasteiger partial charge in [0.2, 0.25) is 0 Å². The normalized spacial score (nSPS) is 9.69. The first-order valence-electron chi connectivity index (χ1n) is 4.69. The third-order valence-electron chi connectivity index (χ3n) is 2.01. The van der Waals surface area contributed by atoms with E-state index in [0.717, 1.165) is 0 Å². The SMILES string of the molecule is COC(=O)COc1c(CO)cccc1OC. The molecule has 0 aliphatic rings. The highest BCUT2D eigenvalue weighted by molar-refractivity contribution is 5.71. The first-order chi connectivity index (χ1) is 7.72. The second-order valence-electron chi connectivity index (χ2n) is 2.97. The zero-order valence-corrected chi connectivity index (χ0v) is 9.23. The number of carbonyl (C=O) groups is 1. The summed E-state index contributed by atoms with van der Waals surface area (Å²) in [6, 6.07) is 5.11. The van der Waals surface area contributed by atoms with E-state index in [4.69, 9.17) is 14.6 Å². The number of carbonyl (C=O) groups excluding carboxylic acids is 1. The number of aliphatic hydroxyl groups is 1. The number of hydrogen-bond acceptors (Lipinski definition) is 5. The van der Waals surface area contributed by atoms with Crippen molar-refractivity contribution in [2.45, 2.75) is 6.61 Å². The van der Waals surface area contributed by atoms with Crippen LogP contribution < -0.4 is 9.47 Å². The lowest BCUT2D eigenvalue weighted by Crippen LogP contribution is -2.13. The molecule has 0 aliphatic carbocycles. The number of para-hydroxylation sites is 1. The molecule has 88 valence electrons. The summed E-state index contributed by atoms with van der Waals surface area (Å²) in [5, 5.41) is 9.11. The van der Waals surface area contributed by atoms with Gasteiger partial charge in [0.1, 0.15) is 0 Å². The first-order valence-corrected chi connectivity index (χ1v) is 4.69. The maximum Gasteiger partial charge on any atom is 0.343 e. The number of hydrogen-bond donors (Lipinski definition) is 1. The van der Waals surface area contributed by atoms with Gasteiger partial charge in [0.25, 0.3) is 0 Å². The third-order valence-corrected chi connectivity index (χ3v) is 2.01. The fourth-order valence-electron chi connectivity index (χ4n) is 1.20. The van der Waals surface area contributed by atoms with Gasteiger partial charge in [0.05, 0.1) is 20.8 Å². The molecular formula is C11H14O5. The number of ether oxygens (including phenoxy) is 3. The van der Waals surface area contributed by atoms with Gasteiger partial charge in [-0.05, 0) is 6.07 Å². The maximum absolute atomic E-state index is 10.9. The molecule has 0 saturated heterocycles. The molecule has 0 fully saturated rings. The molecule has 1 rings (SSSR count). The molecule has 0 unspecified atom stereocenters. The standard InChI is InChI=1S/C11H14O5/c1-14-9-5-3-4-8(6-12)11(9)16-7-10(13)15-2/h3-5,12H,6-7H2,1-2H3. The Morgan fingerprint density at radius 1 is 1.38 bits per heavy atom. The minimum Gasteiger partial charge on any atom is -0.493 e. The highest BCUT2D eigenvalue weighted by atomic mass is 16.6. The lowest BCUT2D eigenvalue weighted by molar-refractivity contribution is -0.142. The maximum atomic E-state index is 10.9. The van der Waals surface area contributed by atoms with Gasteiger partial charge in [-0.1, -0.05) is 12.1 Å². The van der Waals surface area contributed by atoms with Crippen LogP contribution in [0.1, 0.15) is 5.56 Å². The van der Waals surface area contributed by atoms with Crippen molar-refractivity contribution in [2.24, 2.45) is 0 Å². The molecular weight excluding hydrogens is 212 g/mol. The van der Waals surface area contributed by atoms with Crippen molar-refractivity contribution < 1.29 is 24.1 Å². The van der Waals surface area contributed by atoms with Gasteiger partial charge in [-0.15, -0.1) is 0 Å². The third kappa shape index (κ3) is 2.87. The van der Waals surface area contributed by atoms with Crippen molar-refractivity contribution >= 4 is 5.97 Å². The molecule has 1 aromatic carbocycles. The van der Waals surface area contributed by atoms with E-state index in [1.807, 2.05) is 0 Å². The van der Waals surface area contributed by atoms with Crippen molar-refractivity contribution in [2.75, 3.05) is 20.8 Å². The van der Waals surface area contributed by atoms with Crippen LogP contribution >= 0.6 is 0 Å². The summed E-state index contributed by atoms with van der Waals surface area (Å²) >= 11 is 0. The van der Waals surface area contributed by atoms with Crippen molar-refractivity contribution in [1.82, 2.24) is 0 Å². The first kappa shape index (κ1) is 12.3. The fraction of sp³-hybridized carbons (Fsp3) is 0.364. The molecule has 0 radical (unpaired) electrons. The monoisotopic (exact) mass is 226 g/mol. The summed E-state index contributed by atoms with van der Waals surface area (Å²) in [5.41, 5.74) is 0.559. The average Bonchev–Trinajstić information content (AvgIpc) is 2.35. The molecule has 16 heavy (non-hydrogen) atoms. The van der Waals surface area contributed by atoms with Gasteiger partial charge in [0, 0.05) is 5.56 Å². The topological polar surface area (TPSA) is 65.0 Å². The molecule has 0 bridgehead atoms. The Morgan fingerprint density at radius 2 is 2.12 bits per heavy atom. The minimum absolute atomic E-state index is 0.187. The lowest BCUT2D eigenvalue weighted by atomic mass is 10.2. The van der Waals surface area contributed by atoms with E-state index in [0.29, 0.717) is 17.1 Å². The molecule has 0 amide bonds. The van der Waals surface area contributed by atoms with Crippen molar-refractivity contribution in [1.29, 1.82) is 0 Å². The van der Waals surface area contributed by atoms with Gasteiger partial charge in [-0.3, -0.25) is 0 Å². The van der Waals surface area contributed by atoms with E-state index < -0.39 is 5.97 Å². The largest absolute Gasteiger partial charge is 0.493 e. The zero-order chi connectivity index (χ0) is 12.0. The summed E-state index contributed by atoms with van der Waals surface area (Å²) < 4.78 is 14.8. The van der Waals surface area contributed by atoms with E-state index in [9.17, 15) is 4.79 Å². The van der Waals surface area contributed by atoms with Crippen LogP contribution in [0.25, 0.3) is 0 Å². The summed E-state index contributed by atoms with van der Waals surface area (Å²) in [6.07, 6.45) is 0. The molecule has 0 spiro atoms. The fourth-order valence-corrected chi connectivity index (χ4v) is 1.20. The van der Waals surface area contributed by atoms with Crippen LogP contribution in [-0.4, -0.2) is 31.9 Å². The predicted molar refractivity (Wildman–Crippen MR) is 56.4 cm³/mol. The Bertz CT molecular complexity index is 339. The van der Waals surface area contributed by atoms with Gasteiger partial charge < -0.3 is 19.3 Å². The Kier molecular flexibility index (Phi) is 4.60. The number of aliphatic hydroxyl groups excluding tert-OH is 1. The van der Waals surface area contributed by atoms with E-state index in [1.54, 1.807) is 18.2 Å². The number of methoxy groups -OCH3 is 2. The molecule has 1 N–H and O–H groups in total. The van der Waals surface area contributed by atoms with Crippen LogP contribution in [0.4, 0.5) is 0 Å². The van der Waals surface area contributed by atoms with E-state index in [2.05, 4.69) is 4.74 Å². The Hall–Kier alpha value is -1.75. The molecule has 0 atom stereocenters. The molecule has 0 aliphatic heterocycles. The molecule has 1 aromatic rings. The quantitative estimate of drug-likeness (QED) is 0.750. The van der Waals surface area contributed by atoms with E-state index in [-0.39, 0.29) is 13.2 Å². The average molecular weight is 226 g/mol. The number of rotatable bonds is 5. The Balaban J connectivity index is 2.86. The van der Waals surface area contributed by atoms with Crippen LogP contribution in [0.5, 0.6) is 11.5 Å². The number of esters is 1. The highest BCUT2D eigenvalue weighted by Crippen LogP contribution is 2.30. The van der Waals surface area contributed by atoms with Crippen molar-refractivity contribution in [3.05, 3.63) is 23.8 Å². The molecule has 5 heteroatoms. The van der Waals surface area contributed by atoms with Crippen LogP contribution in [0.15, 0.2) is 18.2 Å². The van der Waals surface area contributed by atoms with E-state index in [1.165, 1.54) is 14.2 Å². The summed E-state index contributed by atoms with van der Waals surface area (Å²) in [5.74, 6) is 0.336. The Labute approximate surface area is 93.6 Å². The van der Waals surface area contributed by atoms with Gasteiger partial charge in [-0.2, -0.15) is 0 Å². The van der Waals surface area contributed by atoms with Crippen molar-refractivity contribution in [3.8, 4) is 11.5 Å². The summed E-state index contributed by atoms with van der Waals surface area (Å²) in [6.45, 7) is -0.405. The molecule has 0 aromatic heterocycles. The van der Waals surface area contributed by atoms with Crippen molar-refractivity contribution in [3.63, 3.8) is 0 Å². The van der Waals surface area contributed by atoms with E-state index >= 15 is 0 Å². The second kappa shape index (κ2) is 5.97. The van der Waals surface area contributed by atoms with Gasteiger partial charge >= 0.3 is 5.97 Å². The Morgan fingerprint density at radius 3 is 2.69 bits per heavy atom. The summed E-state index contributed by atoms with van der Waals surface area (Å²) in [7, 11) is 2.77. The predicted octanol–water partition coefficient (Wildman–Crippen LogP) is 0.739. The molecule has 5 nitrogen and oxygen atoms in total. The molecule has 0 heterocycles. The second-order valence-corrected chi connectivity index (χ2v) is 2.97. The lowest BCUT2D eigenvalue weighted by Gasteiger charge is -2.12. The van der Waals surface area contributed by atoms with Crippen LogP contribution in [0.3, 0.4) is 0 Å². The molecule has 0 saturated carbocycles. The summed E-state index contributed by atoms with van der Waals surface area (Å²) in [4.78, 5) is 10.9. The van der Waals surface area contributed by atoms with Crippen LogP contribution in [0, 0.1) is 0 Å². The van der Waals surface area contributed by atoms with Crippen LogP contribution in [0.2, 0.25) is 0 Å². The van der Waals surface area contributed by atoms with Gasteiger partial charge in [0.15, 0.2) is 18.1 Å². The van der Waals surface area contributed by atoms with Crippen LogP contribution in [-0.2, 0) is 16.1 Å². The van der Waals surface area contributed by atoms with Gasteiger partial charge in [-0.25, -0.2) is 4.79 Å². The zero-order valence-electron chi connectivity index (χ0n) is 9.23. The minimum atomic E-state index is -0.491. The number of benzene rings is 1. The smallest absolute Gasteiger partial charge is 0.343 e. The highest BCUT2D eigenvalue weighted by Gasteiger charge is 2.11.